The molecule has 14 nitrogen and oxygen atoms in total. The van der Waals surface area contributed by atoms with Gasteiger partial charge in [0.2, 0.25) is 17.5 Å². The number of hydrogen-bond acceptors (Lipinski definition) is 13. The molecule has 0 amide bonds. The van der Waals surface area contributed by atoms with Crippen LogP contribution >= 0.6 is 0 Å². The third kappa shape index (κ3) is 5.34. The van der Waals surface area contributed by atoms with Crippen LogP contribution in [0.2, 0.25) is 0 Å². The molecule has 0 bridgehead atoms. The number of allylic oxidation sites excluding steroid dienone is 3. The highest BCUT2D eigenvalue weighted by Crippen LogP contribution is 2.38. The number of fused-ring (bicyclic) bond motifs is 1. The van der Waals surface area contributed by atoms with Crippen molar-refractivity contribution in [2.45, 2.75) is 49.5 Å². The molecule has 1 aliphatic carbocycles. The Kier molecular flexibility index (Phi) is 7.71. The number of phenolic OH excluding ortho intramolecular Hbond substituents is 1. The molecule has 1 saturated heterocycles. The van der Waals surface area contributed by atoms with Gasteiger partial charge in [-0.2, -0.15) is 0 Å². The van der Waals surface area contributed by atoms with Crippen LogP contribution in [0.25, 0.3) is 11.0 Å². The molecule has 1 fully saturated rings. The van der Waals surface area contributed by atoms with Gasteiger partial charge >= 0.3 is 11.9 Å². The summed E-state index contributed by atoms with van der Waals surface area (Å²) in [5.41, 5.74) is -1.25. The van der Waals surface area contributed by atoms with Gasteiger partial charge in [-0.15, -0.1) is 0 Å². The summed E-state index contributed by atoms with van der Waals surface area (Å²) in [6.45, 7) is -0.700. The number of aliphatic hydroxyl groups excluding tert-OH is 5. The number of carboxylic acid groups (broad SMARTS) is 1. The molecular weight excluding hydrogens is 512 g/mol. The number of carbonyl (C=O) groups is 2. The van der Waals surface area contributed by atoms with Gasteiger partial charge in [-0.25, -0.2) is 0 Å². The molecule has 6 atom stereocenters. The summed E-state index contributed by atoms with van der Waals surface area (Å²) in [5, 5.41) is 68.2. The molecule has 1 aliphatic heterocycles. The summed E-state index contributed by atoms with van der Waals surface area (Å²) in [4.78, 5) is 36.2. The molecule has 0 spiro atoms. The van der Waals surface area contributed by atoms with Gasteiger partial charge in [0.15, 0.2) is 5.76 Å². The zero-order valence-corrected chi connectivity index (χ0v) is 19.5. The number of hydrogen-bond donors (Lipinski definition) is 7. The van der Waals surface area contributed by atoms with Crippen molar-refractivity contribution in [3.8, 4) is 17.2 Å². The van der Waals surface area contributed by atoms with Crippen LogP contribution in [0.5, 0.6) is 17.2 Å². The lowest BCUT2D eigenvalue weighted by Gasteiger charge is -2.39. The van der Waals surface area contributed by atoms with E-state index in [1.54, 1.807) is 0 Å². The van der Waals surface area contributed by atoms with Gasteiger partial charge in [0, 0.05) is 18.1 Å². The highest BCUT2D eigenvalue weighted by atomic mass is 16.7. The first-order valence-electron chi connectivity index (χ1n) is 11.3. The lowest BCUT2D eigenvalue weighted by atomic mass is 9.96. The minimum Gasteiger partial charge on any atom is -0.508 e. The second-order valence-corrected chi connectivity index (χ2v) is 8.63. The van der Waals surface area contributed by atoms with Crippen LogP contribution in [-0.2, 0) is 14.3 Å². The van der Waals surface area contributed by atoms with Gasteiger partial charge in [-0.1, -0.05) is 6.08 Å². The lowest BCUT2D eigenvalue weighted by Crippen LogP contribution is -2.60. The zero-order chi connectivity index (χ0) is 27.7. The number of carboxylic acids is 1. The van der Waals surface area contributed by atoms with E-state index in [1.165, 1.54) is 18.2 Å². The Labute approximate surface area is 212 Å². The highest BCUT2D eigenvalue weighted by Gasteiger charge is 2.44. The van der Waals surface area contributed by atoms with Crippen LogP contribution in [0.15, 0.2) is 45.3 Å². The smallest absolute Gasteiger partial charge is 0.322 e. The number of carbonyl (C=O) groups excluding carboxylic acids is 1. The first-order valence-corrected chi connectivity index (χ1v) is 11.3. The summed E-state index contributed by atoms with van der Waals surface area (Å²) in [7, 11) is 0. The predicted molar refractivity (Wildman–Crippen MR) is 124 cm³/mol. The monoisotopic (exact) mass is 536 g/mol. The Hall–Kier alpha value is -3.95. The Morgan fingerprint density at radius 1 is 1.08 bits per heavy atom. The first-order chi connectivity index (χ1) is 18.0. The van der Waals surface area contributed by atoms with Crippen molar-refractivity contribution in [1.29, 1.82) is 0 Å². The number of phenols is 1. The normalized spacial score (nSPS) is 27.1. The van der Waals surface area contributed by atoms with Crippen molar-refractivity contribution in [1.82, 2.24) is 0 Å². The van der Waals surface area contributed by atoms with Crippen molar-refractivity contribution < 1.29 is 64.0 Å². The molecule has 1 unspecified atom stereocenters. The lowest BCUT2D eigenvalue weighted by molar-refractivity contribution is -0.277. The molecule has 2 aliphatic rings. The van der Waals surface area contributed by atoms with Crippen molar-refractivity contribution in [3.05, 3.63) is 52.1 Å². The van der Waals surface area contributed by atoms with Gasteiger partial charge in [0.1, 0.15) is 59.1 Å². The maximum Gasteiger partial charge on any atom is 0.322 e. The molecule has 2 heterocycles. The summed E-state index contributed by atoms with van der Waals surface area (Å²) >= 11 is 0. The standard InChI is InChI=1S/C24H24O14/c25-8-14-18(31)20(33)21(34)24(37-14)35-11-5-12(27)17-13(6-11)36-22(9-1-3-10(26)4-2-9)23(19(17)32)38-16(30)7-15(28)29/h1,3-6,9,14,18,20-21,24-27,31,33-34H,2,7-8H2,(H,28,29)/t9?,14-,18-,20+,21-,24-/m1/s1. The van der Waals surface area contributed by atoms with E-state index in [9.17, 15) is 45.0 Å². The van der Waals surface area contributed by atoms with E-state index >= 15 is 0 Å². The van der Waals surface area contributed by atoms with Crippen molar-refractivity contribution in [3.63, 3.8) is 0 Å². The number of benzene rings is 1. The third-order valence-electron chi connectivity index (χ3n) is 5.96. The number of aliphatic carboxylic acids is 1. The molecule has 204 valence electrons. The first kappa shape index (κ1) is 27.1. The minimum absolute atomic E-state index is 0.0540. The van der Waals surface area contributed by atoms with Crippen molar-refractivity contribution >= 4 is 22.9 Å². The number of ether oxygens (including phenoxy) is 3. The SMILES string of the molecule is O=C(O)CC(=O)Oc1c(C2C=CC(O)=CC2)oc2cc(O[C@@H]3O[C@H](CO)[C@@H](O)[C@H](O)[C@H]3O)cc(O)c2c1=O. The quantitative estimate of drug-likeness (QED) is 0.175. The Morgan fingerprint density at radius 2 is 1.82 bits per heavy atom. The van der Waals surface area contributed by atoms with E-state index in [-0.39, 0.29) is 29.3 Å². The Balaban J connectivity index is 1.76. The fraction of sp³-hybridized carbons (Fsp3) is 0.375. The van der Waals surface area contributed by atoms with Gasteiger partial charge < -0.3 is 54.4 Å². The van der Waals surface area contributed by atoms with Gasteiger partial charge in [0.05, 0.1) is 6.61 Å². The van der Waals surface area contributed by atoms with Crippen LogP contribution < -0.4 is 14.9 Å². The predicted octanol–water partition coefficient (Wildman–Crippen LogP) is -0.457. The molecule has 38 heavy (non-hydrogen) atoms. The average Bonchev–Trinajstić information content (AvgIpc) is 2.85. The number of esters is 1. The summed E-state index contributed by atoms with van der Waals surface area (Å²) in [6.07, 6.45) is -4.70. The highest BCUT2D eigenvalue weighted by molar-refractivity contribution is 5.92. The summed E-state index contributed by atoms with van der Waals surface area (Å²) in [6, 6.07) is 2.09. The Morgan fingerprint density at radius 3 is 2.45 bits per heavy atom. The molecule has 0 saturated carbocycles. The van der Waals surface area contributed by atoms with E-state index in [1.807, 2.05) is 0 Å². The fourth-order valence-corrected chi connectivity index (χ4v) is 4.06. The average molecular weight is 536 g/mol. The van der Waals surface area contributed by atoms with Crippen LogP contribution in [-0.4, -0.2) is 85.0 Å². The summed E-state index contributed by atoms with van der Waals surface area (Å²) < 4.78 is 21.6. The van der Waals surface area contributed by atoms with Crippen LogP contribution in [0, 0.1) is 0 Å². The minimum atomic E-state index is -1.75. The van der Waals surface area contributed by atoms with E-state index < -0.39 is 83.9 Å². The molecule has 1 aromatic heterocycles. The number of aromatic hydroxyl groups is 1. The molecule has 2 aromatic rings. The molecule has 7 N–H and O–H groups in total. The Bertz CT molecular complexity index is 1360. The van der Waals surface area contributed by atoms with Crippen LogP contribution in [0.1, 0.15) is 24.5 Å². The van der Waals surface area contributed by atoms with E-state index in [4.69, 9.17) is 23.7 Å². The van der Waals surface area contributed by atoms with Crippen molar-refractivity contribution in [2.75, 3.05) is 6.61 Å². The van der Waals surface area contributed by atoms with Crippen LogP contribution in [0.4, 0.5) is 0 Å². The molecule has 0 radical (unpaired) electrons. The summed E-state index contributed by atoms with van der Waals surface area (Å²) in [5.74, 6) is -5.29. The third-order valence-corrected chi connectivity index (χ3v) is 5.96. The second kappa shape index (κ2) is 10.8. The second-order valence-electron chi connectivity index (χ2n) is 8.63. The molecule has 1 aromatic carbocycles. The number of aliphatic hydroxyl groups is 5. The van der Waals surface area contributed by atoms with E-state index in [2.05, 4.69) is 0 Å². The topological polar surface area (TPSA) is 234 Å². The molecule has 14 heteroatoms. The van der Waals surface area contributed by atoms with Gasteiger partial charge in [-0.3, -0.25) is 14.4 Å². The largest absolute Gasteiger partial charge is 0.508 e. The number of rotatable bonds is 7. The zero-order valence-electron chi connectivity index (χ0n) is 19.5. The maximum absolute atomic E-state index is 13.3. The van der Waals surface area contributed by atoms with Gasteiger partial charge in [-0.05, 0) is 18.6 Å². The van der Waals surface area contributed by atoms with Gasteiger partial charge in [0.25, 0.3) is 0 Å². The molecule has 4 rings (SSSR count). The van der Waals surface area contributed by atoms with E-state index in [0.29, 0.717) is 0 Å². The van der Waals surface area contributed by atoms with E-state index in [0.717, 1.165) is 12.1 Å². The van der Waals surface area contributed by atoms with Crippen molar-refractivity contribution in [2.24, 2.45) is 0 Å². The fourth-order valence-electron chi connectivity index (χ4n) is 4.06. The maximum atomic E-state index is 13.3. The molecular formula is C24H24O14. The van der Waals surface area contributed by atoms with Crippen LogP contribution in [0.3, 0.4) is 0 Å².